The Balaban J connectivity index is 0.000000160. The number of hydrogen-bond donors (Lipinski definition) is 0. The Morgan fingerprint density at radius 2 is 1.38 bits per heavy atom. The molecule has 0 aromatic rings. The molecule has 16 heavy (non-hydrogen) atoms. The first-order valence-electron chi connectivity index (χ1n) is 7.48. The van der Waals surface area contributed by atoms with E-state index in [0.717, 1.165) is 11.8 Å². The molecule has 2 bridgehead atoms. The van der Waals surface area contributed by atoms with Gasteiger partial charge < -0.3 is 0 Å². The Morgan fingerprint density at radius 3 is 1.69 bits per heavy atom. The van der Waals surface area contributed by atoms with Crippen LogP contribution in [0.4, 0.5) is 0 Å². The molecule has 0 atom stereocenters. The maximum atomic E-state index is 2.23. The average molecular weight is 222 g/mol. The fraction of sp³-hybridized carbons (Fsp3) is 0.875. The van der Waals surface area contributed by atoms with Crippen molar-refractivity contribution in [1.82, 2.24) is 0 Å². The van der Waals surface area contributed by atoms with Crippen LogP contribution >= 0.6 is 0 Å². The fourth-order valence-electron chi connectivity index (χ4n) is 2.96. The summed E-state index contributed by atoms with van der Waals surface area (Å²) >= 11 is 0. The summed E-state index contributed by atoms with van der Waals surface area (Å²) in [5.41, 5.74) is 0. The molecular formula is C16H30. The van der Waals surface area contributed by atoms with Gasteiger partial charge in [0.15, 0.2) is 0 Å². The van der Waals surface area contributed by atoms with Gasteiger partial charge in [-0.15, -0.1) is 0 Å². The van der Waals surface area contributed by atoms with Gasteiger partial charge in [0.2, 0.25) is 0 Å². The molecule has 3 fully saturated rings. The van der Waals surface area contributed by atoms with Gasteiger partial charge in [-0.1, -0.05) is 70.4 Å². The average Bonchev–Trinajstić information content (AvgIpc) is 2.38. The van der Waals surface area contributed by atoms with Gasteiger partial charge in [-0.05, 0) is 31.6 Å². The number of hydrogen-bond acceptors (Lipinski definition) is 0. The minimum absolute atomic E-state index is 1.15. The highest BCUT2D eigenvalue weighted by molar-refractivity contribution is 4.79. The van der Waals surface area contributed by atoms with Crippen LogP contribution in [0.5, 0.6) is 0 Å². The van der Waals surface area contributed by atoms with E-state index in [9.17, 15) is 0 Å². The minimum Gasteiger partial charge on any atom is -0.0917 e. The third kappa shape index (κ3) is 5.72. The third-order valence-electron chi connectivity index (χ3n) is 4.16. The first-order chi connectivity index (χ1) is 7.86. The first-order valence-corrected chi connectivity index (χ1v) is 7.48. The Bertz CT molecular complexity index is 149. The summed E-state index contributed by atoms with van der Waals surface area (Å²) in [5.74, 6) is 2.31. The second-order valence-electron chi connectivity index (χ2n) is 5.53. The molecule has 3 saturated carbocycles. The summed E-state index contributed by atoms with van der Waals surface area (Å²) in [4.78, 5) is 0. The molecule has 0 saturated heterocycles. The fourth-order valence-corrected chi connectivity index (χ4v) is 2.96. The smallest absolute Gasteiger partial charge is 0.0351 e. The largest absolute Gasteiger partial charge is 0.0917 e. The first kappa shape index (κ1) is 13.8. The predicted molar refractivity (Wildman–Crippen MR) is 73.6 cm³/mol. The van der Waals surface area contributed by atoms with Gasteiger partial charge in [-0.3, -0.25) is 0 Å². The quantitative estimate of drug-likeness (QED) is 0.421. The van der Waals surface area contributed by atoms with Gasteiger partial charge in [0.25, 0.3) is 0 Å². The molecule has 3 aliphatic rings. The number of allylic oxidation sites excluding steroid dienone is 2. The molecule has 0 aromatic carbocycles. The molecule has 0 spiro atoms. The molecule has 0 aromatic heterocycles. The van der Waals surface area contributed by atoms with Crippen LogP contribution in [0.2, 0.25) is 0 Å². The lowest BCUT2D eigenvalue weighted by Crippen LogP contribution is -2.21. The molecule has 3 aliphatic carbocycles. The lowest BCUT2D eigenvalue weighted by Gasteiger charge is -2.35. The third-order valence-corrected chi connectivity index (χ3v) is 4.16. The maximum Gasteiger partial charge on any atom is -0.0351 e. The highest BCUT2D eigenvalue weighted by atomic mass is 14.3. The Morgan fingerprint density at radius 1 is 0.875 bits per heavy atom. The van der Waals surface area contributed by atoms with Gasteiger partial charge >= 0.3 is 0 Å². The number of unbranched alkanes of at least 4 members (excludes halogenated alkanes) is 3. The van der Waals surface area contributed by atoms with E-state index in [1.54, 1.807) is 38.5 Å². The van der Waals surface area contributed by atoms with Gasteiger partial charge in [-0.25, -0.2) is 0 Å². The van der Waals surface area contributed by atoms with Crippen molar-refractivity contribution in [2.24, 2.45) is 11.8 Å². The van der Waals surface area contributed by atoms with E-state index >= 15 is 0 Å². The Labute approximate surface area is 103 Å². The topological polar surface area (TPSA) is 0 Å². The van der Waals surface area contributed by atoms with Crippen molar-refractivity contribution >= 4 is 0 Å². The van der Waals surface area contributed by atoms with Crippen molar-refractivity contribution in [1.29, 1.82) is 0 Å². The van der Waals surface area contributed by atoms with E-state index in [0.29, 0.717) is 0 Å². The van der Waals surface area contributed by atoms with Crippen molar-refractivity contribution in [2.75, 3.05) is 0 Å². The van der Waals surface area contributed by atoms with Gasteiger partial charge in [-0.2, -0.15) is 0 Å². The molecule has 0 heteroatoms. The van der Waals surface area contributed by atoms with E-state index in [1.807, 2.05) is 0 Å². The van der Waals surface area contributed by atoms with Crippen molar-refractivity contribution in [2.45, 2.75) is 78.1 Å². The van der Waals surface area contributed by atoms with Crippen LogP contribution in [0.3, 0.4) is 0 Å². The number of rotatable bonds is 4. The molecule has 0 radical (unpaired) electrons. The summed E-state index contributed by atoms with van der Waals surface area (Å²) in [5, 5.41) is 0. The van der Waals surface area contributed by atoms with E-state index < -0.39 is 0 Å². The predicted octanol–water partition coefficient (Wildman–Crippen LogP) is 5.73. The van der Waals surface area contributed by atoms with Gasteiger partial charge in [0.05, 0.1) is 0 Å². The molecular weight excluding hydrogens is 192 g/mol. The summed E-state index contributed by atoms with van der Waals surface area (Å²) in [6, 6.07) is 0. The normalized spacial score (nSPS) is 27.9. The van der Waals surface area contributed by atoms with Crippen molar-refractivity contribution in [3.63, 3.8) is 0 Å². The molecule has 0 nitrogen and oxygen atoms in total. The zero-order valence-corrected chi connectivity index (χ0v) is 11.4. The second-order valence-corrected chi connectivity index (χ2v) is 5.53. The lowest BCUT2D eigenvalue weighted by atomic mass is 9.71. The summed E-state index contributed by atoms with van der Waals surface area (Å²) < 4.78 is 0. The van der Waals surface area contributed by atoms with Crippen molar-refractivity contribution in [3.8, 4) is 0 Å². The molecule has 3 rings (SSSR count). The molecule has 0 unspecified atom stereocenters. The van der Waals surface area contributed by atoms with Crippen LogP contribution in [0.15, 0.2) is 12.2 Å². The van der Waals surface area contributed by atoms with Crippen molar-refractivity contribution < 1.29 is 0 Å². The van der Waals surface area contributed by atoms with E-state index in [4.69, 9.17) is 0 Å². The monoisotopic (exact) mass is 222 g/mol. The summed E-state index contributed by atoms with van der Waals surface area (Å²) in [7, 11) is 0. The molecule has 0 amide bonds. The zero-order valence-electron chi connectivity index (χ0n) is 11.4. The van der Waals surface area contributed by atoms with Crippen LogP contribution in [0.25, 0.3) is 0 Å². The van der Waals surface area contributed by atoms with Crippen LogP contribution in [-0.2, 0) is 0 Å². The minimum atomic E-state index is 1.15. The lowest BCUT2D eigenvalue weighted by molar-refractivity contribution is 0.176. The van der Waals surface area contributed by atoms with Gasteiger partial charge in [0, 0.05) is 0 Å². The van der Waals surface area contributed by atoms with E-state index in [1.165, 1.54) is 25.7 Å². The zero-order chi connectivity index (χ0) is 11.6. The number of fused-ring (bicyclic) bond motifs is 3. The summed E-state index contributed by atoms with van der Waals surface area (Å²) in [6.07, 6.45) is 19.1. The van der Waals surface area contributed by atoms with E-state index in [2.05, 4.69) is 26.0 Å². The highest BCUT2D eigenvalue weighted by Gasteiger charge is 2.26. The molecule has 0 aliphatic heterocycles. The Hall–Kier alpha value is -0.260. The summed E-state index contributed by atoms with van der Waals surface area (Å²) in [6.45, 7) is 4.31. The van der Waals surface area contributed by atoms with E-state index in [-0.39, 0.29) is 0 Å². The standard InChI is InChI=1S/C8H14.C8H16/c1-2-8-5-3-7(1)4-6-8;1-3-5-7-8-6-4-2/h7-8H,1-6H2;3,5H,4,6-8H2,1-2H3/b;5-3-. The molecule has 0 heterocycles. The van der Waals surface area contributed by atoms with Gasteiger partial charge in [0.1, 0.15) is 0 Å². The second kappa shape index (κ2) is 8.84. The molecule has 94 valence electrons. The van der Waals surface area contributed by atoms with Crippen molar-refractivity contribution in [3.05, 3.63) is 12.2 Å². The van der Waals surface area contributed by atoms with Crippen LogP contribution in [0, 0.1) is 11.8 Å². The van der Waals surface area contributed by atoms with Crippen LogP contribution in [-0.4, -0.2) is 0 Å². The van der Waals surface area contributed by atoms with Crippen LogP contribution in [0.1, 0.15) is 78.1 Å². The SMILES string of the molecule is C/C=C\CCCCC.C1CC2CCC1CC2. The van der Waals surface area contributed by atoms with Crippen LogP contribution < -0.4 is 0 Å². The highest BCUT2D eigenvalue weighted by Crippen LogP contribution is 2.40. The Kier molecular flexibility index (Phi) is 7.63. The molecule has 0 N–H and O–H groups in total. The maximum absolute atomic E-state index is 2.23.